The minimum Gasteiger partial charge on any atom is -0.313 e. The summed E-state index contributed by atoms with van der Waals surface area (Å²) in [5, 5.41) is 4.65. The predicted octanol–water partition coefficient (Wildman–Crippen LogP) is 9.67. The fourth-order valence-corrected chi connectivity index (χ4v) is 7.33. The van der Waals surface area contributed by atoms with Crippen LogP contribution in [-0.4, -0.2) is 9.13 Å². The van der Waals surface area contributed by atoms with E-state index in [0.717, 1.165) is 27.9 Å². The number of aromatic nitrogens is 2. The highest BCUT2D eigenvalue weighted by Crippen LogP contribution is 2.33. The summed E-state index contributed by atoms with van der Waals surface area (Å²) in [6.45, 7) is 8.64. The number of allylic oxidation sites excluding steroid dienone is 5. The number of hydrogen-bond donors (Lipinski definition) is 0. The first-order valence-electron chi connectivity index (χ1n) is 16.3. The minimum absolute atomic E-state index is 0.985. The van der Waals surface area contributed by atoms with Crippen molar-refractivity contribution in [2.45, 2.75) is 39.5 Å². The predicted molar refractivity (Wildman–Crippen MR) is 195 cm³/mol. The Labute approximate surface area is 270 Å². The van der Waals surface area contributed by atoms with Crippen LogP contribution in [0.5, 0.6) is 0 Å². The van der Waals surface area contributed by atoms with Crippen LogP contribution in [-0.2, 0) is 0 Å². The molecule has 2 aromatic heterocycles. The molecule has 0 fully saturated rings. The van der Waals surface area contributed by atoms with Crippen molar-refractivity contribution in [2.75, 3.05) is 0 Å². The minimum atomic E-state index is 0.985. The largest absolute Gasteiger partial charge is 0.313 e. The molecule has 222 valence electrons. The van der Waals surface area contributed by atoms with E-state index in [2.05, 4.69) is 156 Å². The van der Waals surface area contributed by atoms with Gasteiger partial charge in [0.25, 0.3) is 0 Å². The van der Waals surface area contributed by atoms with Crippen molar-refractivity contribution in [1.82, 2.24) is 9.13 Å². The van der Waals surface area contributed by atoms with Gasteiger partial charge >= 0.3 is 0 Å². The van der Waals surface area contributed by atoms with Crippen LogP contribution in [0.25, 0.3) is 56.6 Å². The Balaban J connectivity index is 1.31. The second kappa shape index (κ2) is 11.4. The summed E-state index contributed by atoms with van der Waals surface area (Å²) in [5.74, 6) is 0. The van der Waals surface area contributed by atoms with Crippen LogP contribution < -0.4 is 10.6 Å². The molecule has 0 radical (unpaired) electrons. The Morgan fingerprint density at radius 3 is 2.30 bits per heavy atom. The van der Waals surface area contributed by atoms with Crippen molar-refractivity contribution in [2.24, 2.45) is 0 Å². The Bertz CT molecular complexity index is 2450. The van der Waals surface area contributed by atoms with Gasteiger partial charge in [-0.15, -0.1) is 0 Å². The van der Waals surface area contributed by atoms with Crippen molar-refractivity contribution in [3.63, 3.8) is 0 Å². The topological polar surface area (TPSA) is 9.86 Å². The second-order valence-electron chi connectivity index (χ2n) is 12.4. The molecule has 2 aliphatic carbocycles. The van der Waals surface area contributed by atoms with Gasteiger partial charge in [0.15, 0.2) is 0 Å². The maximum Gasteiger partial charge on any atom is 0.105 e. The number of nitrogens with zero attached hydrogens (tertiary/aromatic N) is 2. The molecule has 0 N–H and O–H groups in total. The van der Waals surface area contributed by atoms with E-state index < -0.39 is 0 Å². The van der Waals surface area contributed by atoms with Crippen LogP contribution in [0, 0.1) is 13.8 Å². The van der Waals surface area contributed by atoms with Gasteiger partial charge in [-0.25, -0.2) is 0 Å². The van der Waals surface area contributed by atoms with Gasteiger partial charge in [0, 0.05) is 44.2 Å². The Morgan fingerprint density at radius 2 is 1.52 bits per heavy atom. The maximum absolute atomic E-state index is 4.25. The average Bonchev–Trinajstić information content (AvgIpc) is 3.59. The van der Waals surface area contributed by atoms with E-state index >= 15 is 0 Å². The zero-order chi connectivity index (χ0) is 31.2. The standard InChI is InChI=1S/C44H36N2/c1-4-32(28-40-31(3)45(36-17-9-6-10-18-36)42-21-12-11-19-38(40)42)35-24-27-43-41(29-35)39-20-13-14-30(2)44(39)46(43)37-25-22-34(23-26-37)33-15-7-5-8-16-33/h4,6,9-15,17-23,25-26,28-29H,1,5,7-8,16H2,2-3H3/b32-28+. The molecule has 0 aliphatic heterocycles. The number of hydrogen-bond acceptors (Lipinski definition) is 0. The SMILES string of the molecule is C=C/C(=C\c1c(C)n(-c2ccccc2)c2ccccc12)C1=C=C=c2c(c3cccc(C)c3n2-c2ccc(C3=CCCCC3)cc2)=C1. The van der Waals surface area contributed by atoms with Gasteiger partial charge < -0.3 is 9.13 Å². The molecule has 2 aliphatic rings. The molecule has 8 rings (SSSR count). The van der Waals surface area contributed by atoms with Crippen LogP contribution in [0.2, 0.25) is 0 Å². The van der Waals surface area contributed by atoms with E-state index in [-0.39, 0.29) is 0 Å². The van der Waals surface area contributed by atoms with E-state index in [9.17, 15) is 0 Å². The summed E-state index contributed by atoms with van der Waals surface area (Å²) in [5.41, 5.74) is 20.3. The molecule has 0 bridgehead atoms. The molecule has 2 nitrogen and oxygen atoms in total. The zero-order valence-corrected chi connectivity index (χ0v) is 26.5. The molecule has 2 heteroatoms. The van der Waals surface area contributed by atoms with Gasteiger partial charge in [-0.1, -0.05) is 91.2 Å². The van der Waals surface area contributed by atoms with Gasteiger partial charge in [0.05, 0.1) is 11.0 Å². The quantitative estimate of drug-likeness (QED) is 0.135. The van der Waals surface area contributed by atoms with Crippen LogP contribution >= 0.6 is 0 Å². The fourth-order valence-electron chi connectivity index (χ4n) is 7.33. The zero-order valence-electron chi connectivity index (χ0n) is 26.5. The highest BCUT2D eigenvalue weighted by molar-refractivity contribution is 5.95. The number of aryl methyl sites for hydroxylation is 1. The summed E-state index contributed by atoms with van der Waals surface area (Å²) in [4.78, 5) is 0. The van der Waals surface area contributed by atoms with Gasteiger partial charge in [-0.3, -0.25) is 0 Å². The number of fused-ring (bicyclic) bond motifs is 4. The number of para-hydroxylation sites is 3. The van der Waals surface area contributed by atoms with Crippen LogP contribution in [0.15, 0.2) is 133 Å². The average molecular weight is 593 g/mol. The smallest absolute Gasteiger partial charge is 0.105 e. The van der Waals surface area contributed by atoms with Crippen LogP contribution in [0.1, 0.15) is 48.1 Å². The third-order valence-electron chi connectivity index (χ3n) is 9.63. The molecule has 0 saturated heterocycles. The lowest BCUT2D eigenvalue weighted by Gasteiger charge is -2.14. The molecule has 0 unspecified atom stereocenters. The molecule has 0 saturated carbocycles. The third kappa shape index (κ3) is 4.59. The normalized spacial score (nSPS) is 14.4. The van der Waals surface area contributed by atoms with Crippen LogP contribution in [0.3, 0.4) is 0 Å². The van der Waals surface area contributed by atoms with E-state index in [4.69, 9.17) is 0 Å². The molecule has 6 aromatic rings. The molecular formula is C44H36N2. The van der Waals surface area contributed by atoms with Gasteiger partial charge in [-0.05, 0) is 110 Å². The maximum atomic E-state index is 4.25. The van der Waals surface area contributed by atoms with E-state index in [1.807, 2.05) is 6.08 Å². The lowest BCUT2D eigenvalue weighted by molar-refractivity contribution is 0.742. The highest BCUT2D eigenvalue weighted by Gasteiger charge is 2.17. The van der Waals surface area contributed by atoms with Crippen molar-refractivity contribution in [1.29, 1.82) is 0 Å². The van der Waals surface area contributed by atoms with Crippen molar-refractivity contribution in [3.8, 4) is 11.4 Å². The molecule has 2 heterocycles. The van der Waals surface area contributed by atoms with Crippen molar-refractivity contribution in [3.05, 3.63) is 166 Å². The molecule has 0 spiro atoms. The molecule has 46 heavy (non-hydrogen) atoms. The highest BCUT2D eigenvalue weighted by atomic mass is 15.0. The van der Waals surface area contributed by atoms with E-state index in [1.54, 1.807) is 0 Å². The first-order chi connectivity index (χ1) is 22.6. The summed E-state index contributed by atoms with van der Waals surface area (Å²) < 4.78 is 4.70. The molecule has 4 aromatic carbocycles. The Morgan fingerprint density at radius 1 is 0.761 bits per heavy atom. The van der Waals surface area contributed by atoms with Crippen molar-refractivity contribution < 1.29 is 0 Å². The summed E-state index contributed by atoms with van der Waals surface area (Å²) in [6, 6.07) is 34.9. The first-order valence-corrected chi connectivity index (χ1v) is 16.3. The summed E-state index contributed by atoms with van der Waals surface area (Å²) in [7, 11) is 0. The fraction of sp³-hybridized carbons (Fsp3) is 0.136. The summed E-state index contributed by atoms with van der Waals surface area (Å²) >= 11 is 0. The van der Waals surface area contributed by atoms with Crippen LogP contribution in [0.4, 0.5) is 0 Å². The third-order valence-corrected chi connectivity index (χ3v) is 9.63. The number of rotatable bonds is 6. The Hall–Kier alpha value is -5.52. The van der Waals surface area contributed by atoms with Crippen molar-refractivity contribution >= 4 is 45.3 Å². The molecule has 0 amide bonds. The van der Waals surface area contributed by atoms with E-state index in [1.165, 1.54) is 80.7 Å². The second-order valence-corrected chi connectivity index (χ2v) is 12.4. The van der Waals surface area contributed by atoms with E-state index in [0.29, 0.717) is 0 Å². The lowest BCUT2D eigenvalue weighted by atomic mass is 9.94. The molecule has 0 atom stereocenters. The lowest BCUT2D eigenvalue weighted by Crippen LogP contribution is -2.28. The summed E-state index contributed by atoms with van der Waals surface area (Å²) in [6.07, 6.45) is 13.8. The van der Waals surface area contributed by atoms with Gasteiger partial charge in [0.2, 0.25) is 0 Å². The van der Waals surface area contributed by atoms with Gasteiger partial charge in [-0.2, -0.15) is 0 Å². The first kappa shape index (κ1) is 28.0. The van der Waals surface area contributed by atoms with Gasteiger partial charge in [0.1, 0.15) is 5.35 Å². The number of benzene rings is 4. The Kier molecular flexibility index (Phi) is 6.96. The molecular weight excluding hydrogens is 556 g/mol. The monoisotopic (exact) mass is 592 g/mol.